The molecule has 0 aromatic heterocycles. The maximum absolute atomic E-state index is 10.3. The fourth-order valence-electron chi connectivity index (χ4n) is 6.09. The van der Waals surface area contributed by atoms with Crippen molar-refractivity contribution in [1.29, 1.82) is 5.26 Å². The second-order valence-electron chi connectivity index (χ2n) is 8.74. The van der Waals surface area contributed by atoms with E-state index in [4.69, 9.17) is 18.0 Å². The van der Waals surface area contributed by atoms with Gasteiger partial charge in [-0.1, -0.05) is 57.3 Å². The van der Waals surface area contributed by atoms with Crippen molar-refractivity contribution in [3.05, 3.63) is 42.0 Å². The van der Waals surface area contributed by atoms with E-state index in [1.165, 1.54) is 0 Å². The lowest BCUT2D eigenvalue weighted by atomic mass is 9.58. The summed E-state index contributed by atoms with van der Waals surface area (Å²) in [7, 11) is 0. The maximum Gasteiger partial charge on any atom is 0.116 e. The van der Waals surface area contributed by atoms with E-state index >= 15 is 0 Å². The summed E-state index contributed by atoms with van der Waals surface area (Å²) in [5, 5.41) is 22.7. The SMILES string of the molecule is CC1(c2cc(O)cc3ccccc23)CCC2C(C)(C)C2(C(N)=S)C1C#N. The van der Waals surface area contributed by atoms with Crippen LogP contribution < -0.4 is 5.73 Å². The van der Waals surface area contributed by atoms with Gasteiger partial charge in [0.15, 0.2) is 0 Å². The molecule has 0 bridgehead atoms. The van der Waals surface area contributed by atoms with Crippen LogP contribution in [0.15, 0.2) is 36.4 Å². The third-order valence-corrected chi connectivity index (χ3v) is 7.78. The lowest BCUT2D eigenvalue weighted by Crippen LogP contribution is -2.47. The quantitative estimate of drug-likeness (QED) is 0.760. The zero-order valence-corrected chi connectivity index (χ0v) is 16.2. The molecular formula is C22H24N2OS. The zero-order valence-electron chi connectivity index (χ0n) is 15.4. The first-order chi connectivity index (χ1) is 12.2. The number of hydrogen-bond acceptors (Lipinski definition) is 3. The Hall–Kier alpha value is -2.12. The van der Waals surface area contributed by atoms with Crippen molar-refractivity contribution in [2.75, 3.05) is 0 Å². The average molecular weight is 365 g/mol. The summed E-state index contributed by atoms with van der Waals surface area (Å²) in [5.41, 5.74) is 6.37. The second-order valence-corrected chi connectivity index (χ2v) is 9.18. The highest BCUT2D eigenvalue weighted by Crippen LogP contribution is 2.79. The molecule has 4 heteroatoms. The van der Waals surface area contributed by atoms with Gasteiger partial charge in [-0.2, -0.15) is 5.26 Å². The molecule has 4 atom stereocenters. The normalized spacial score (nSPS) is 34.7. The Balaban J connectivity index is 1.98. The molecule has 3 N–H and O–H groups in total. The largest absolute Gasteiger partial charge is 0.508 e. The van der Waals surface area contributed by atoms with Crippen LogP contribution in [0.5, 0.6) is 5.75 Å². The summed E-state index contributed by atoms with van der Waals surface area (Å²) < 4.78 is 0. The van der Waals surface area contributed by atoms with Gasteiger partial charge < -0.3 is 10.8 Å². The van der Waals surface area contributed by atoms with E-state index in [-0.39, 0.29) is 17.1 Å². The molecule has 3 nitrogen and oxygen atoms in total. The number of rotatable bonds is 2. The van der Waals surface area contributed by atoms with Gasteiger partial charge in [0.1, 0.15) is 5.75 Å². The summed E-state index contributed by atoms with van der Waals surface area (Å²) in [6.45, 7) is 6.52. The van der Waals surface area contributed by atoms with Crippen LogP contribution in [0.3, 0.4) is 0 Å². The minimum Gasteiger partial charge on any atom is -0.508 e. The number of nitriles is 1. The Labute approximate surface area is 159 Å². The van der Waals surface area contributed by atoms with Crippen molar-refractivity contribution in [2.24, 2.45) is 28.4 Å². The van der Waals surface area contributed by atoms with Gasteiger partial charge in [-0.3, -0.25) is 0 Å². The summed E-state index contributed by atoms with van der Waals surface area (Å²) in [5.74, 6) is 0.276. The number of aromatic hydroxyl groups is 1. The smallest absolute Gasteiger partial charge is 0.116 e. The molecule has 2 aromatic rings. The second kappa shape index (κ2) is 5.20. The first-order valence-corrected chi connectivity index (χ1v) is 9.54. The van der Waals surface area contributed by atoms with Crippen LogP contribution in [0.4, 0.5) is 0 Å². The van der Waals surface area contributed by atoms with Gasteiger partial charge in [0.05, 0.1) is 17.0 Å². The average Bonchev–Trinajstić information content (AvgIpc) is 3.10. The molecule has 2 aliphatic carbocycles. The molecule has 2 fully saturated rings. The maximum atomic E-state index is 10.3. The van der Waals surface area contributed by atoms with E-state index in [1.54, 1.807) is 6.07 Å². The molecule has 4 rings (SSSR count). The molecular weight excluding hydrogens is 340 g/mol. The van der Waals surface area contributed by atoms with Gasteiger partial charge in [-0.15, -0.1) is 0 Å². The van der Waals surface area contributed by atoms with Crippen molar-refractivity contribution in [3.8, 4) is 11.8 Å². The monoisotopic (exact) mass is 364 g/mol. The number of phenols is 1. The van der Waals surface area contributed by atoms with Gasteiger partial charge in [-0.25, -0.2) is 0 Å². The standard InChI is InChI=1S/C22H24N2OS/c1-20(2)17-8-9-21(3,18(12-23)22(17,20)19(24)26)16-11-14(25)10-13-6-4-5-7-15(13)16/h4-7,10-11,17-18,25H,8-9H2,1-3H3,(H2,24,26). The summed E-state index contributed by atoms with van der Waals surface area (Å²) >= 11 is 5.51. The molecule has 0 radical (unpaired) electrons. The van der Waals surface area contributed by atoms with Crippen molar-refractivity contribution < 1.29 is 5.11 Å². The van der Waals surface area contributed by atoms with Crippen molar-refractivity contribution >= 4 is 28.0 Å². The van der Waals surface area contributed by atoms with Gasteiger partial charge >= 0.3 is 0 Å². The lowest BCUT2D eigenvalue weighted by molar-refractivity contribution is 0.200. The van der Waals surface area contributed by atoms with Gasteiger partial charge in [0.2, 0.25) is 0 Å². The number of thiocarbonyl (C=S) groups is 1. The van der Waals surface area contributed by atoms with E-state index in [2.05, 4.69) is 32.9 Å². The van der Waals surface area contributed by atoms with Crippen LogP contribution in [0.25, 0.3) is 10.8 Å². The van der Waals surface area contributed by atoms with Crippen LogP contribution in [0.1, 0.15) is 39.2 Å². The summed E-state index contributed by atoms with van der Waals surface area (Å²) in [6, 6.07) is 14.2. The van der Waals surface area contributed by atoms with Crippen LogP contribution in [0, 0.1) is 34.0 Å². The fourth-order valence-corrected chi connectivity index (χ4v) is 6.62. The first-order valence-electron chi connectivity index (χ1n) is 9.13. The first kappa shape index (κ1) is 17.3. The molecule has 2 aromatic carbocycles. The molecule has 0 saturated heterocycles. The molecule has 26 heavy (non-hydrogen) atoms. The molecule has 2 saturated carbocycles. The van der Waals surface area contributed by atoms with Crippen molar-refractivity contribution in [1.82, 2.24) is 0 Å². The van der Waals surface area contributed by atoms with Crippen LogP contribution in [-0.4, -0.2) is 10.1 Å². The Kier molecular flexibility index (Phi) is 3.46. The summed E-state index contributed by atoms with van der Waals surface area (Å²) in [6.07, 6.45) is 1.88. The van der Waals surface area contributed by atoms with E-state index in [0.717, 1.165) is 29.2 Å². The molecule has 0 heterocycles. The highest BCUT2D eigenvalue weighted by Gasteiger charge is 2.79. The molecule has 0 amide bonds. The van der Waals surface area contributed by atoms with E-state index in [0.29, 0.717) is 10.9 Å². The zero-order chi connectivity index (χ0) is 18.9. The number of hydrogen-bond donors (Lipinski definition) is 2. The van der Waals surface area contributed by atoms with E-state index < -0.39 is 10.8 Å². The van der Waals surface area contributed by atoms with Crippen molar-refractivity contribution in [2.45, 2.75) is 39.0 Å². The molecule has 0 aliphatic heterocycles. The minimum absolute atomic E-state index is 0.0659. The lowest BCUT2D eigenvalue weighted by Gasteiger charge is -2.44. The van der Waals surface area contributed by atoms with Gasteiger partial charge in [0, 0.05) is 10.8 Å². The van der Waals surface area contributed by atoms with Crippen LogP contribution in [-0.2, 0) is 5.41 Å². The van der Waals surface area contributed by atoms with Crippen molar-refractivity contribution in [3.63, 3.8) is 0 Å². The predicted octanol–water partition coefficient (Wildman–Crippen LogP) is 4.67. The summed E-state index contributed by atoms with van der Waals surface area (Å²) in [4.78, 5) is 0.467. The molecule has 4 unspecified atom stereocenters. The van der Waals surface area contributed by atoms with E-state index in [1.807, 2.05) is 24.3 Å². The highest BCUT2D eigenvalue weighted by atomic mass is 32.1. The number of phenolic OH excluding ortho intramolecular Hbond substituents is 1. The molecule has 0 spiro atoms. The van der Waals surface area contributed by atoms with Crippen LogP contribution >= 0.6 is 12.2 Å². The number of benzene rings is 2. The predicted molar refractivity (Wildman–Crippen MR) is 108 cm³/mol. The van der Waals surface area contributed by atoms with E-state index in [9.17, 15) is 10.4 Å². The third kappa shape index (κ3) is 1.85. The highest BCUT2D eigenvalue weighted by molar-refractivity contribution is 7.80. The number of nitrogens with zero attached hydrogens (tertiary/aromatic N) is 1. The van der Waals surface area contributed by atoms with Gasteiger partial charge in [-0.05, 0) is 52.6 Å². The topological polar surface area (TPSA) is 70.0 Å². The number of nitrogens with two attached hydrogens (primary N) is 1. The van der Waals surface area contributed by atoms with Crippen LogP contribution in [0.2, 0.25) is 0 Å². The minimum atomic E-state index is -0.434. The fraction of sp³-hybridized carbons (Fsp3) is 0.455. The molecule has 134 valence electrons. The number of fused-ring (bicyclic) bond motifs is 2. The van der Waals surface area contributed by atoms with Gasteiger partial charge in [0.25, 0.3) is 0 Å². The Morgan fingerprint density at radius 1 is 1.27 bits per heavy atom. The molecule has 2 aliphatic rings. The Morgan fingerprint density at radius 2 is 1.96 bits per heavy atom. The Morgan fingerprint density at radius 3 is 2.62 bits per heavy atom. The Bertz CT molecular complexity index is 976. The third-order valence-electron chi connectivity index (χ3n) is 7.45.